The summed E-state index contributed by atoms with van der Waals surface area (Å²) in [6.07, 6.45) is 1.42. The van der Waals surface area contributed by atoms with Gasteiger partial charge in [0, 0.05) is 24.0 Å². The normalized spacial score (nSPS) is 10.7. The van der Waals surface area contributed by atoms with Gasteiger partial charge in [0.1, 0.15) is 0 Å². The van der Waals surface area contributed by atoms with Gasteiger partial charge in [-0.2, -0.15) is 0 Å². The highest BCUT2D eigenvalue weighted by Crippen LogP contribution is 2.10. The third-order valence-corrected chi connectivity index (χ3v) is 2.75. The van der Waals surface area contributed by atoms with Gasteiger partial charge in [-0.1, -0.05) is 37.6 Å². The zero-order valence-electron chi connectivity index (χ0n) is 11.0. The van der Waals surface area contributed by atoms with E-state index in [0.29, 0.717) is 24.0 Å². The van der Waals surface area contributed by atoms with Gasteiger partial charge in [-0.3, -0.25) is 4.79 Å². The summed E-state index contributed by atoms with van der Waals surface area (Å²) < 4.78 is 0. The van der Waals surface area contributed by atoms with Crippen LogP contribution >= 0.6 is 11.6 Å². The van der Waals surface area contributed by atoms with Crippen molar-refractivity contribution in [3.05, 3.63) is 34.9 Å². The molecule has 0 aliphatic heterocycles. The quantitative estimate of drug-likeness (QED) is 0.747. The van der Waals surface area contributed by atoms with Gasteiger partial charge in [-0.15, -0.1) is 0 Å². The van der Waals surface area contributed by atoms with Crippen LogP contribution in [0.4, 0.5) is 0 Å². The van der Waals surface area contributed by atoms with E-state index in [4.69, 9.17) is 11.6 Å². The van der Waals surface area contributed by atoms with Crippen molar-refractivity contribution in [1.82, 2.24) is 10.6 Å². The predicted molar refractivity (Wildman–Crippen MR) is 75.7 cm³/mol. The molecule has 0 heterocycles. The molecule has 1 amide bonds. The monoisotopic (exact) mass is 268 g/mol. The first-order valence-corrected chi connectivity index (χ1v) is 6.70. The third kappa shape index (κ3) is 6.62. The van der Waals surface area contributed by atoms with Crippen molar-refractivity contribution in [2.24, 2.45) is 0 Å². The molecule has 0 aliphatic carbocycles. The van der Waals surface area contributed by atoms with E-state index in [2.05, 4.69) is 24.5 Å². The molecule has 0 saturated carbocycles. The maximum Gasteiger partial charge on any atom is 0.220 e. The van der Waals surface area contributed by atoms with Crippen molar-refractivity contribution in [3.8, 4) is 0 Å². The lowest BCUT2D eigenvalue weighted by atomic mass is 10.2. The molecule has 1 aromatic rings. The highest BCUT2D eigenvalue weighted by molar-refractivity contribution is 6.30. The minimum atomic E-state index is 0.0838. The van der Waals surface area contributed by atoms with Gasteiger partial charge in [0.05, 0.1) is 0 Å². The lowest BCUT2D eigenvalue weighted by Crippen LogP contribution is -2.27. The molecule has 1 rings (SSSR count). The molecule has 0 fully saturated rings. The molecule has 0 spiro atoms. The van der Waals surface area contributed by atoms with Crippen molar-refractivity contribution in [2.75, 3.05) is 6.54 Å². The Balaban J connectivity index is 2.17. The number of hydrogen-bond donors (Lipinski definition) is 2. The van der Waals surface area contributed by atoms with Crippen LogP contribution in [0.15, 0.2) is 24.3 Å². The summed E-state index contributed by atoms with van der Waals surface area (Å²) in [7, 11) is 0. The van der Waals surface area contributed by atoms with E-state index in [9.17, 15) is 4.79 Å². The average molecular weight is 269 g/mol. The van der Waals surface area contributed by atoms with Crippen LogP contribution in [0, 0.1) is 0 Å². The highest BCUT2D eigenvalue weighted by atomic mass is 35.5. The zero-order chi connectivity index (χ0) is 13.4. The molecule has 100 valence electrons. The Hall–Kier alpha value is -1.06. The first kappa shape index (κ1) is 15.0. The highest BCUT2D eigenvalue weighted by Gasteiger charge is 2.02. The summed E-state index contributed by atoms with van der Waals surface area (Å²) in [6, 6.07) is 8.00. The summed E-state index contributed by atoms with van der Waals surface area (Å²) in [6.45, 7) is 5.61. The maximum atomic E-state index is 11.6. The maximum absolute atomic E-state index is 11.6. The van der Waals surface area contributed by atoms with Crippen molar-refractivity contribution in [2.45, 2.75) is 39.3 Å². The lowest BCUT2D eigenvalue weighted by molar-refractivity contribution is -0.121. The second kappa shape index (κ2) is 8.11. The molecule has 3 nitrogen and oxygen atoms in total. The Kier molecular flexibility index (Phi) is 6.76. The molecular weight excluding hydrogens is 248 g/mol. The minimum Gasteiger partial charge on any atom is -0.352 e. The van der Waals surface area contributed by atoms with Gasteiger partial charge in [-0.25, -0.2) is 0 Å². The summed E-state index contributed by atoms with van der Waals surface area (Å²) in [4.78, 5) is 11.6. The van der Waals surface area contributed by atoms with E-state index in [0.717, 1.165) is 18.5 Å². The van der Waals surface area contributed by atoms with E-state index in [-0.39, 0.29) is 5.91 Å². The Bertz CT molecular complexity index is 380. The van der Waals surface area contributed by atoms with Gasteiger partial charge < -0.3 is 10.6 Å². The molecule has 1 aromatic carbocycles. The molecule has 0 radical (unpaired) electrons. The largest absolute Gasteiger partial charge is 0.352 e. The van der Waals surface area contributed by atoms with Gasteiger partial charge >= 0.3 is 0 Å². The van der Waals surface area contributed by atoms with Crippen molar-refractivity contribution in [3.63, 3.8) is 0 Å². The molecule has 0 atom stereocenters. The fourth-order valence-corrected chi connectivity index (χ4v) is 1.79. The molecule has 0 unspecified atom stereocenters. The molecular formula is C14H21ClN2O. The summed E-state index contributed by atoms with van der Waals surface area (Å²) in [5, 5.41) is 6.87. The smallest absolute Gasteiger partial charge is 0.220 e. The molecule has 0 bridgehead atoms. The number of halogens is 1. The fourth-order valence-electron chi connectivity index (χ4n) is 1.58. The van der Waals surface area contributed by atoms with Crippen LogP contribution in [0.2, 0.25) is 5.02 Å². The number of rotatable bonds is 7. The van der Waals surface area contributed by atoms with Gasteiger partial charge in [0.25, 0.3) is 0 Å². The molecule has 0 aromatic heterocycles. The number of nitrogens with one attached hydrogen (secondary N) is 2. The van der Waals surface area contributed by atoms with Crippen LogP contribution in [-0.2, 0) is 11.3 Å². The Morgan fingerprint density at radius 1 is 1.39 bits per heavy atom. The summed E-state index contributed by atoms with van der Waals surface area (Å²) >= 11 is 5.87. The third-order valence-electron chi connectivity index (χ3n) is 2.51. The Labute approximate surface area is 114 Å². The average Bonchev–Trinajstić information content (AvgIpc) is 2.32. The fraction of sp³-hybridized carbons (Fsp3) is 0.500. The van der Waals surface area contributed by atoms with Crippen LogP contribution in [0.3, 0.4) is 0 Å². The Morgan fingerprint density at radius 2 is 2.17 bits per heavy atom. The van der Waals surface area contributed by atoms with Gasteiger partial charge in [0.15, 0.2) is 0 Å². The first-order valence-electron chi connectivity index (χ1n) is 6.32. The molecule has 18 heavy (non-hydrogen) atoms. The zero-order valence-corrected chi connectivity index (χ0v) is 11.8. The van der Waals surface area contributed by atoms with Crippen molar-refractivity contribution >= 4 is 17.5 Å². The SMILES string of the molecule is CC(C)NCCCC(=O)NCc1cccc(Cl)c1. The molecule has 2 N–H and O–H groups in total. The molecule has 0 aliphatic rings. The van der Waals surface area contributed by atoms with Gasteiger partial charge in [-0.05, 0) is 30.7 Å². The molecule has 0 saturated heterocycles. The van der Waals surface area contributed by atoms with E-state index < -0.39 is 0 Å². The number of amides is 1. The van der Waals surface area contributed by atoms with Crippen LogP contribution < -0.4 is 10.6 Å². The molecule has 4 heteroatoms. The van der Waals surface area contributed by atoms with E-state index >= 15 is 0 Å². The van der Waals surface area contributed by atoms with E-state index in [1.807, 2.05) is 24.3 Å². The number of carbonyl (C=O) groups is 1. The van der Waals surface area contributed by atoms with E-state index in [1.54, 1.807) is 0 Å². The topological polar surface area (TPSA) is 41.1 Å². The van der Waals surface area contributed by atoms with Crippen molar-refractivity contribution in [1.29, 1.82) is 0 Å². The standard InChI is InChI=1S/C14H21ClN2O/c1-11(2)16-8-4-7-14(18)17-10-12-5-3-6-13(15)9-12/h3,5-6,9,11,16H,4,7-8,10H2,1-2H3,(H,17,18). The van der Waals surface area contributed by atoms with Crippen molar-refractivity contribution < 1.29 is 4.79 Å². The second-order valence-corrected chi connectivity index (χ2v) is 5.06. The van der Waals surface area contributed by atoms with Crippen LogP contribution in [0.5, 0.6) is 0 Å². The lowest BCUT2D eigenvalue weighted by Gasteiger charge is -2.08. The first-order chi connectivity index (χ1) is 8.58. The Morgan fingerprint density at radius 3 is 2.83 bits per heavy atom. The number of carbonyl (C=O) groups excluding carboxylic acids is 1. The predicted octanol–water partition coefficient (Wildman–Crippen LogP) is 2.73. The van der Waals surface area contributed by atoms with Crippen LogP contribution in [0.1, 0.15) is 32.3 Å². The number of hydrogen-bond acceptors (Lipinski definition) is 2. The van der Waals surface area contributed by atoms with E-state index in [1.165, 1.54) is 0 Å². The summed E-state index contributed by atoms with van der Waals surface area (Å²) in [5.41, 5.74) is 1.02. The number of benzene rings is 1. The van der Waals surface area contributed by atoms with Crippen LogP contribution in [0.25, 0.3) is 0 Å². The summed E-state index contributed by atoms with van der Waals surface area (Å²) in [5.74, 6) is 0.0838. The second-order valence-electron chi connectivity index (χ2n) is 4.62. The minimum absolute atomic E-state index is 0.0838. The van der Waals surface area contributed by atoms with Gasteiger partial charge in [0.2, 0.25) is 5.91 Å². The van der Waals surface area contributed by atoms with Crippen LogP contribution in [-0.4, -0.2) is 18.5 Å².